The van der Waals surface area contributed by atoms with Crippen LogP contribution in [0.1, 0.15) is 42.5 Å². The molecule has 0 aliphatic heterocycles. The molecule has 2 heterocycles. The molecule has 0 saturated heterocycles. The minimum atomic E-state index is 0.659. The van der Waals surface area contributed by atoms with Gasteiger partial charge in [-0.3, -0.25) is 0 Å². The first-order valence-corrected chi connectivity index (χ1v) is 7.83. The molecule has 2 aromatic rings. The lowest BCUT2D eigenvalue weighted by Crippen LogP contribution is -2.13. The minimum Gasteiger partial charge on any atom is -0.419 e. The summed E-state index contributed by atoms with van der Waals surface area (Å²) >= 11 is 1.81. The minimum absolute atomic E-state index is 0.659. The summed E-state index contributed by atoms with van der Waals surface area (Å²) in [5.74, 6) is 1.35. The van der Waals surface area contributed by atoms with E-state index in [4.69, 9.17) is 4.42 Å². The lowest BCUT2D eigenvalue weighted by atomic mass is 9.99. The normalized spacial score (nSPS) is 14.6. The van der Waals surface area contributed by atoms with E-state index < -0.39 is 0 Å². The van der Waals surface area contributed by atoms with Gasteiger partial charge in [0.25, 0.3) is 5.89 Å². The van der Waals surface area contributed by atoms with Gasteiger partial charge >= 0.3 is 0 Å². The molecule has 4 nitrogen and oxygen atoms in total. The number of hydrogen-bond acceptors (Lipinski definition) is 5. The Morgan fingerprint density at radius 2 is 2.21 bits per heavy atom. The van der Waals surface area contributed by atoms with E-state index in [9.17, 15) is 0 Å². The molecule has 3 rings (SSSR count). The molecule has 1 aliphatic rings. The summed E-state index contributed by atoms with van der Waals surface area (Å²) in [6, 6.07) is 2.23. The van der Waals surface area contributed by atoms with Crippen LogP contribution in [0.3, 0.4) is 0 Å². The van der Waals surface area contributed by atoms with Crippen LogP contribution < -0.4 is 5.32 Å². The van der Waals surface area contributed by atoms with Crippen LogP contribution in [0.5, 0.6) is 0 Å². The zero-order valence-corrected chi connectivity index (χ0v) is 12.1. The van der Waals surface area contributed by atoms with E-state index >= 15 is 0 Å². The van der Waals surface area contributed by atoms with E-state index in [-0.39, 0.29) is 0 Å². The van der Waals surface area contributed by atoms with Gasteiger partial charge in [0, 0.05) is 4.88 Å². The molecule has 2 aromatic heterocycles. The van der Waals surface area contributed by atoms with Gasteiger partial charge in [0.05, 0.1) is 11.4 Å². The summed E-state index contributed by atoms with van der Waals surface area (Å²) in [5.41, 5.74) is 1.48. The molecule has 0 amide bonds. The average molecular weight is 277 g/mol. The third-order valence-corrected chi connectivity index (χ3v) is 4.60. The van der Waals surface area contributed by atoms with E-state index in [2.05, 4.69) is 28.5 Å². The highest BCUT2D eigenvalue weighted by Gasteiger charge is 2.17. The number of nitrogens with zero attached hydrogens (tertiary/aromatic N) is 2. The fourth-order valence-corrected chi connectivity index (χ4v) is 3.57. The van der Waals surface area contributed by atoms with Gasteiger partial charge in [-0.2, -0.15) is 0 Å². The molecule has 0 radical (unpaired) electrons. The molecule has 5 heteroatoms. The Hall–Kier alpha value is -1.20. The zero-order chi connectivity index (χ0) is 13.1. The van der Waals surface area contributed by atoms with Crippen LogP contribution >= 0.6 is 11.3 Å². The van der Waals surface area contributed by atoms with Crippen molar-refractivity contribution in [2.24, 2.45) is 0 Å². The Balaban J connectivity index is 1.73. The molecule has 0 spiro atoms. The summed E-state index contributed by atoms with van der Waals surface area (Å²) in [5, 5.41) is 11.5. The van der Waals surface area contributed by atoms with Crippen molar-refractivity contribution >= 4 is 11.3 Å². The first-order chi connectivity index (χ1) is 9.36. The van der Waals surface area contributed by atoms with Crippen molar-refractivity contribution in [2.45, 2.75) is 45.6 Å². The van der Waals surface area contributed by atoms with Gasteiger partial charge in [-0.1, -0.05) is 6.92 Å². The maximum Gasteiger partial charge on any atom is 0.257 e. The second-order valence-electron chi connectivity index (χ2n) is 4.94. The number of nitrogens with one attached hydrogen (secondary N) is 1. The standard InChI is InChI=1S/C14H19N3OS/c1-2-7-15-9-13-16-17-14(18-13)12-8-10-5-3-4-6-11(10)19-12/h8,15H,2-7,9H2,1H3. The number of aromatic nitrogens is 2. The number of thiophene rings is 1. The summed E-state index contributed by atoms with van der Waals surface area (Å²) in [7, 11) is 0. The van der Waals surface area contributed by atoms with E-state index in [0.29, 0.717) is 18.3 Å². The second kappa shape index (κ2) is 5.84. The molecule has 0 saturated carbocycles. The van der Waals surface area contributed by atoms with Gasteiger partial charge in [0.15, 0.2) is 0 Å². The topological polar surface area (TPSA) is 51.0 Å². The number of rotatable bonds is 5. The molecular formula is C14H19N3OS. The quantitative estimate of drug-likeness (QED) is 0.853. The van der Waals surface area contributed by atoms with E-state index in [1.165, 1.54) is 36.1 Å². The van der Waals surface area contributed by atoms with Crippen LogP contribution in [0.15, 0.2) is 10.5 Å². The number of aryl methyl sites for hydroxylation is 2. The largest absolute Gasteiger partial charge is 0.419 e. The van der Waals surface area contributed by atoms with Crippen LogP contribution in [-0.2, 0) is 19.4 Å². The Bertz CT molecular complexity index is 523. The SMILES string of the molecule is CCCNCc1nnc(-c2cc3c(s2)CCCC3)o1. The van der Waals surface area contributed by atoms with E-state index in [1.54, 1.807) is 0 Å². The highest BCUT2D eigenvalue weighted by atomic mass is 32.1. The molecule has 1 aliphatic carbocycles. The number of fused-ring (bicyclic) bond motifs is 1. The Morgan fingerprint density at radius 3 is 3.05 bits per heavy atom. The molecule has 102 valence electrons. The lowest BCUT2D eigenvalue weighted by Gasteiger charge is -2.08. The predicted molar refractivity (Wildman–Crippen MR) is 76.3 cm³/mol. The molecule has 0 aromatic carbocycles. The average Bonchev–Trinajstić information content (AvgIpc) is 3.04. The summed E-state index contributed by atoms with van der Waals surface area (Å²) in [6.07, 6.45) is 6.13. The highest BCUT2D eigenvalue weighted by molar-refractivity contribution is 7.15. The third kappa shape index (κ3) is 2.87. The molecule has 0 unspecified atom stereocenters. The molecule has 0 bridgehead atoms. The maximum absolute atomic E-state index is 5.72. The van der Waals surface area contributed by atoms with Crippen molar-refractivity contribution in [1.29, 1.82) is 0 Å². The molecular weight excluding hydrogens is 258 g/mol. The Labute approximate surface area is 117 Å². The fourth-order valence-electron chi connectivity index (χ4n) is 2.39. The highest BCUT2D eigenvalue weighted by Crippen LogP contribution is 2.35. The summed E-state index contributed by atoms with van der Waals surface area (Å²) in [4.78, 5) is 2.63. The lowest BCUT2D eigenvalue weighted by molar-refractivity contribution is 0.478. The molecule has 0 atom stereocenters. The fraction of sp³-hybridized carbons (Fsp3) is 0.571. The van der Waals surface area contributed by atoms with E-state index in [0.717, 1.165) is 17.8 Å². The van der Waals surface area contributed by atoms with Crippen LogP contribution in [0.25, 0.3) is 10.8 Å². The zero-order valence-electron chi connectivity index (χ0n) is 11.2. The molecule has 0 fully saturated rings. The second-order valence-corrected chi connectivity index (χ2v) is 6.08. The van der Waals surface area contributed by atoms with Gasteiger partial charge in [0.1, 0.15) is 0 Å². The van der Waals surface area contributed by atoms with Crippen molar-refractivity contribution in [2.75, 3.05) is 6.54 Å². The first-order valence-electron chi connectivity index (χ1n) is 7.02. The third-order valence-electron chi connectivity index (χ3n) is 3.38. The van der Waals surface area contributed by atoms with Gasteiger partial charge < -0.3 is 9.73 Å². The summed E-state index contributed by atoms with van der Waals surface area (Å²) in [6.45, 7) is 3.78. The maximum atomic E-state index is 5.72. The smallest absolute Gasteiger partial charge is 0.257 e. The van der Waals surface area contributed by atoms with Crippen LogP contribution in [0.4, 0.5) is 0 Å². The summed E-state index contributed by atoms with van der Waals surface area (Å²) < 4.78 is 5.72. The van der Waals surface area contributed by atoms with Crippen LogP contribution in [0.2, 0.25) is 0 Å². The first kappa shape index (κ1) is 12.8. The number of hydrogen-bond donors (Lipinski definition) is 1. The molecule has 19 heavy (non-hydrogen) atoms. The van der Waals surface area contributed by atoms with Crippen LogP contribution in [-0.4, -0.2) is 16.7 Å². The van der Waals surface area contributed by atoms with Crippen molar-refractivity contribution in [3.63, 3.8) is 0 Å². The van der Waals surface area contributed by atoms with Gasteiger partial charge in [-0.25, -0.2) is 0 Å². The predicted octanol–water partition coefficient (Wildman–Crippen LogP) is 3.18. The van der Waals surface area contributed by atoms with Crippen molar-refractivity contribution in [1.82, 2.24) is 15.5 Å². The van der Waals surface area contributed by atoms with Gasteiger partial charge in [0.2, 0.25) is 5.89 Å². The van der Waals surface area contributed by atoms with Crippen molar-refractivity contribution < 1.29 is 4.42 Å². The Morgan fingerprint density at radius 1 is 1.32 bits per heavy atom. The monoisotopic (exact) mass is 277 g/mol. The van der Waals surface area contributed by atoms with Gasteiger partial charge in [-0.15, -0.1) is 21.5 Å². The Kier molecular flexibility index (Phi) is 3.94. The van der Waals surface area contributed by atoms with E-state index in [1.807, 2.05) is 11.3 Å². The van der Waals surface area contributed by atoms with Crippen LogP contribution in [0, 0.1) is 0 Å². The van der Waals surface area contributed by atoms with Crippen molar-refractivity contribution in [3.8, 4) is 10.8 Å². The molecule has 1 N–H and O–H groups in total. The van der Waals surface area contributed by atoms with Crippen molar-refractivity contribution in [3.05, 3.63) is 22.4 Å². The van der Waals surface area contributed by atoms with Gasteiger partial charge in [-0.05, 0) is 50.3 Å².